The molecule has 0 aromatic heterocycles. The van der Waals surface area contributed by atoms with Gasteiger partial charge in [0.2, 0.25) is 0 Å². The van der Waals surface area contributed by atoms with Crippen LogP contribution in [0.1, 0.15) is 6.42 Å². The largest absolute Gasteiger partial charge is 0.304 e. The van der Waals surface area contributed by atoms with E-state index in [0.717, 1.165) is 39.1 Å². The van der Waals surface area contributed by atoms with Crippen LogP contribution in [0.5, 0.6) is 0 Å². The van der Waals surface area contributed by atoms with Crippen molar-refractivity contribution in [3.63, 3.8) is 0 Å². The van der Waals surface area contributed by atoms with Crippen molar-refractivity contribution in [2.75, 3.05) is 46.3 Å². The molecule has 0 saturated carbocycles. The van der Waals surface area contributed by atoms with E-state index >= 15 is 0 Å². The van der Waals surface area contributed by atoms with Gasteiger partial charge in [0.05, 0.1) is 0 Å². The van der Waals surface area contributed by atoms with Crippen LogP contribution in [0, 0.1) is 0 Å². The predicted octanol–water partition coefficient (Wildman–Crippen LogP) is 0.996. The summed E-state index contributed by atoms with van der Waals surface area (Å²) in [6.45, 7) is 5.84. The number of halogens is 2. The Morgan fingerprint density at radius 1 is 1.13 bits per heavy atom. The summed E-state index contributed by atoms with van der Waals surface area (Å²) < 4.78 is 15.9. The van der Waals surface area contributed by atoms with Gasteiger partial charge < -0.3 is 4.90 Å². The monoisotopic (exact) mass is 327 g/mol. The maximum absolute atomic E-state index is 13.9. The lowest BCUT2D eigenvalue weighted by atomic mass is 10.0. The molecule has 2 atom stereocenters. The average molecular weight is 327 g/mol. The number of hydrogen-bond donors (Lipinski definition) is 0. The third-order valence-electron chi connectivity index (χ3n) is 3.46. The maximum atomic E-state index is 13.9. The molecular weight excluding hydrogens is 308 g/mol. The summed E-state index contributed by atoms with van der Waals surface area (Å²) in [7, 11) is 2.14. The first kappa shape index (κ1) is 12.0. The highest BCUT2D eigenvalue weighted by Crippen LogP contribution is 2.22. The van der Waals surface area contributed by atoms with Gasteiger partial charge in [-0.05, 0) is 13.5 Å². The summed E-state index contributed by atoms with van der Waals surface area (Å²) in [4.78, 5) is 4.66. The van der Waals surface area contributed by atoms with E-state index in [-0.39, 0.29) is 6.04 Å². The molecule has 0 amide bonds. The fourth-order valence-corrected chi connectivity index (χ4v) is 3.08. The Bertz CT molecular complexity index is 209. The lowest BCUT2D eigenvalue weighted by Gasteiger charge is -2.42. The number of piperazine rings is 1. The average Bonchev–Trinajstić information content (AvgIpc) is 2.20. The van der Waals surface area contributed by atoms with Crippen molar-refractivity contribution in [1.82, 2.24) is 12.9 Å². The lowest BCUT2D eigenvalue weighted by molar-refractivity contribution is 0.0362. The van der Waals surface area contributed by atoms with E-state index in [1.807, 2.05) is 0 Å². The zero-order valence-electron chi connectivity index (χ0n) is 9.20. The van der Waals surface area contributed by atoms with Crippen LogP contribution in [0.15, 0.2) is 0 Å². The molecule has 2 aliphatic heterocycles. The predicted molar refractivity (Wildman–Crippen MR) is 68.0 cm³/mol. The lowest BCUT2D eigenvalue weighted by Crippen LogP contribution is -2.55. The molecule has 0 radical (unpaired) electrons. The van der Waals surface area contributed by atoms with E-state index in [2.05, 4.69) is 42.8 Å². The Balaban J connectivity index is 1.87. The molecule has 3 nitrogen and oxygen atoms in total. The van der Waals surface area contributed by atoms with Crippen LogP contribution >= 0.6 is 22.9 Å². The van der Waals surface area contributed by atoms with Gasteiger partial charge in [-0.3, -0.25) is 4.90 Å². The molecule has 2 unspecified atom stereocenters. The van der Waals surface area contributed by atoms with Gasteiger partial charge >= 0.3 is 0 Å². The SMILES string of the molecule is CN1CCN(C2CCN(I)CC2F)CC1. The van der Waals surface area contributed by atoms with E-state index in [4.69, 9.17) is 0 Å². The summed E-state index contributed by atoms with van der Waals surface area (Å²) in [5.41, 5.74) is 0. The molecule has 88 valence electrons. The first-order chi connectivity index (χ1) is 7.16. The zero-order valence-corrected chi connectivity index (χ0v) is 11.4. The summed E-state index contributed by atoms with van der Waals surface area (Å²) >= 11 is 2.22. The highest BCUT2D eigenvalue weighted by molar-refractivity contribution is 14.1. The first-order valence-corrected chi connectivity index (χ1v) is 6.60. The molecule has 0 spiro atoms. The van der Waals surface area contributed by atoms with Crippen molar-refractivity contribution in [1.29, 1.82) is 0 Å². The normalized spacial score (nSPS) is 37.0. The minimum Gasteiger partial charge on any atom is -0.304 e. The van der Waals surface area contributed by atoms with Crippen LogP contribution in [0.2, 0.25) is 0 Å². The van der Waals surface area contributed by atoms with Crippen LogP contribution in [0.25, 0.3) is 0 Å². The summed E-state index contributed by atoms with van der Waals surface area (Å²) in [6.07, 6.45) is 0.312. The van der Waals surface area contributed by atoms with Gasteiger partial charge in [0, 0.05) is 68.2 Å². The fourth-order valence-electron chi connectivity index (χ4n) is 2.42. The number of rotatable bonds is 1. The molecule has 2 fully saturated rings. The van der Waals surface area contributed by atoms with Gasteiger partial charge in [-0.25, -0.2) is 7.50 Å². The molecule has 0 aromatic carbocycles. The van der Waals surface area contributed by atoms with Gasteiger partial charge in [-0.1, -0.05) is 0 Å². The molecule has 2 saturated heterocycles. The van der Waals surface area contributed by atoms with Crippen molar-refractivity contribution in [2.45, 2.75) is 18.6 Å². The highest BCUT2D eigenvalue weighted by Gasteiger charge is 2.33. The highest BCUT2D eigenvalue weighted by atomic mass is 127. The molecule has 2 aliphatic rings. The van der Waals surface area contributed by atoms with Crippen LogP contribution < -0.4 is 0 Å². The number of piperidine rings is 1. The van der Waals surface area contributed by atoms with Crippen molar-refractivity contribution in [3.8, 4) is 0 Å². The second-order valence-electron chi connectivity index (χ2n) is 4.58. The molecule has 2 rings (SSSR count). The molecule has 0 N–H and O–H groups in total. The Labute approximate surface area is 105 Å². The summed E-state index contributed by atoms with van der Waals surface area (Å²) in [5.74, 6) is 0. The van der Waals surface area contributed by atoms with E-state index in [9.17, 15) is 4.39 Å². The molecule has 0 aliphatic carbocycles. The van der Waals surface area contributed by atoms with Gasteiger partial charge in [-0.15, -0.1) is 0 Å². The molecule has 0 bridgehead atoms. The Morgan fingerprint density at radius 2 is 1.80 bits per heavy atom. The van der Waals surface area contributed by atoms with Crippen molar-refractivity contribution >= 4 is 22.9 Å². The van der Waals surface area contributed by atoms with Crippen LogP contribution in [-0.2, 0) is 0 Å². The molecular formula is C10H19FIN3. The van der Waals surface area contributed by atoms with E-state index in [0.29, 0.717) is 6.54 Å². The minimum atomic E-state index is -0.668. The second-order valence-corrected chi connectivity index (χ2v) is 5.94. The number of hydrogen-bond acceptors (Lipinski definition) is 3. The van der Waals surface area contributed by atoms with Gasteiger partial charge in [-0.2, -0.15) is 0 Å². The smallest absolute Gasteiger partial charge is 0.129 e. The fraction of sp³-hybridized carbons (Fsp3) is 1.00. The second kappa shape index (κ2) is 5.25. The third-order valence-corrected chi connectivity index (χ3v) is 4.34. The van der Waals surface area contributed by atoms with Crippen molar-refractivity contribution in [3.05, 3.63) is 0 Å². The van der Waals surface area contributed by atoms with Crippen molar-refractivity contribution in [2.24, 2.45) is 0 Å². The molecule has 2 heterocycles. The van der Waals surface area contributed by atoms with E-state index < -0.39 is 6.17 Å². The quantitative estimate of drug-likeness (QED) is 0.526. The van der Waals surface area contributed by atoms with Gasteiger partial charge in [0.1, 0.15) is 6.17 Å². The van der Waals surface area contributed by atoms with Gasteiger partial charge in [0.15, 0.2) is 0 Å². The third kappa shape index (κ3) is 3.01. The topological polar surface area (TPSA) is 9.72 Å². The Hall–Kier alpha value is 0.540. The minimum absolute atomic E-state index is 0.171. The Morgan fingerprint density at radius 3 is 2.40 bits per heavy atom. The Kier molecular flexibility index (Phi) is 4.20. The number of likely N-dealkylation sites (N-methyl/N-ethyl adjacent to an activating group) is 1. The van der Waals surface area contributed by atoms with Gasteiger partial charge in [0.25, 0.3) is 0 Å². The summed E-state index contributed by atoms with van der Waals surface area (Å²) in [5, 5.41) is 0. The van der Waals surface area contributed by atoms with Crippen LogP contribution in [0.3, 0.4) is 0 Å². The standard InChI is InChI=1S/C10H19FIN3/c1-13-4-6-14(7-5-13)10-2-3-15(12)8-9(10)11/h9-10H,2-8H2,1H3. The molecule has 15 heavy (non-hydrogen) atoms. The summed E-state index contributed by atoms with van der Waals surface area (Å²) in [6, 6.07) is 0.171. The number of alkyl halides is 1. The van der Waals surface area contributed by atoms with E-state index in [1.165, 1.54) is 0 Å². The number of nitrogens with zero attached hydrogens (tertiary/aromatic N) is 3. The van der Waals surface area contributed by atoms with Crippen LogP contribution in [0.4, 0.5) is 4.39 Å². The van der Waals surface area contributed by atoms with Crippen LogP contribution in [-0.4, -0.2) is 71.4 Å². The molecule has 5 heteroatoms. The maximum Gasteiger partial charge on any atom is 0.129 e. The molecule has 0 aromatic rings. The van der Waals surface area contributed by atoms with Crippen molar-refractivity contribution < 1.29 is 4.39 Å². The van der Waals surface area contributed by atoms with E-state index in [1.54, 1.807) is 0 Å². The first-order valence-electron chi connectivity index (χ1n) is 5.64. The zero-order chi connectivity index (χ0) is 10.8.